The molecule has 0 radical (unpaired) electrons. The summed E-state index contributed by atoms with van der Waals surface area (Å²) in [5.41, 5.74) is 15.8. The summed E-state index contributed by atoms with van der Waals surface area (Å²) in [6.07, 6.45) is 3.71. The maximum atomic E-state index is 13.1. The van der Waals surface area contributed by atoms with Crippen LogP contribution in [0, 0.1) is 17.0 Å². The van der Waals surface area contributed by atoms with Crippen molar-refractivity contribution in [2.24, 2.45) is 5.73 Å². The topological polar surface area (TPSA) is 446 Å². The van der Waals surface area contributed by atoms with Gasteiger partial charge in [-0.2, -0.15) is 0 Å². The van der Waals surface area contributed by atoms with Crippen LogP contribution in [0.1, 0.15) is 91.1 Å². The molecule has 0 spiro atoms. The zero-order valence-corrected chi connectivity index (χ0v) is 81.2. The number of carbonyl (C=O) groups is 7. The van der Waals surface area contributed by atoms with Crippen LogP contribution in [0.2, 0.25) is 0 Å². The molecule has 13 aromatic rings. The van der Waals surface area contributed by atoms with Gasteiger partial charge in [0, 0.05) is 87.5 Å². The number of para-hydroxylation sites is 1. The average Bonchev–Trinajstić information content (AvgIpc) is 0.838. The average molecular weight is 1940 g/mol. The van der Waals surface area contributed by atoms with Gasteiger partial charge in [-0.25, -0.2) is 9.97 Å². The van der Waals surface area contributed by atoms with Crippen LogP contribution in [0.4, 0.5) is 34.3 Å². The van der Waals surface area contributed by atoms with Crippen molar-refractivity contribution in [3.05, 3.63) is 278 Å². The summed E-state index contributed by atoms with van der Waals surface area (Å²) >= 11 is 1.64. The van der Waals surface area contributed by atoms with E-state index in [0.717, 1.165) is 55.1 Å². The number of hydrogen-bond donors (Lipinski definition) is 7. The lowest BCUT2D eigenvalue weighted by atomic mass is 10.0. The lowest BCUT2D eigenvalue weighted by molar-refractivity contribution is -0.384. The smallest absolute Gasteiger partial charge is 0.284 e. The summed E-state index contributed by atoms with van der Waals surface area (Å²) in [6, 6.07) is 60.0. The molecule has 6 amide bonds. The summed E-state index contributed by atoms with van der Waals surface area (Å²) in [5.74, 6) is 7.06. The second-order valence-corrected chi connectivity index (χ2v) is 30.9. The molecule has 10 aromatic carbocycles. The van der Waals surface area contributed by atoms with Crippen LogP contribution in [0.3, 0.4) is 0 Å². The number of hydrogen-bond acceptors (Lipinski definition) is 29. The summed E-state index contributed by atoms with van der Waals surface area (Å²) in [6.45, 7) is 3.12. The number of benzene rings is 10. The van der Waals surface area contributed by atoms with Crippen LogP contribution in [0.5, 0.6) is 86.2 Å². The lowest BCUT2D eigenvalue weighted by Crippen LogP contribution is -2.15. The van der Waals surface area contributed by atoms with Crippen molar-refractivity contribution in [1.82, 2.24) is 9.97 Å². The molecule has 3 aromatic heterocycles. The minimum Gasteiger partial charge on any atom is -0.493 e. The molecule has 0 aliphatic rings. The Morgan fingerprint density at radius 1 is 0.407 bits per heavy atom. The van der Waals surface area contributed by atoms with Gasteiger partial charge in [0.05, 0.1) is 130 Å². The van der Waals surface area contributed by atoms with Crippen LogP contribution in [0.25, 0.3) is 32.9 Å². The van der Waals surface area contributed by atoms with Crippen molar-refractivity contribution in [3.63, 3.8) is 0 Å². The second-order valence-electron chi connectivity index (χ2n) is 30.0. The van der Waals surface area contributed by atoms with Crippen LogP contribution in [0.15, 0.2) is 222 Å². The molecule has 3 heterocycles. The van der Waals surface area contributed by atoms with Crippen molar-refractivity contribution in [1.29, 1.82) is 0 Å². The number of non-ortho nitro benzene ring substituents is 1. The summed E-state index contributed by atoms with van der Waals surface area (Å²) in [5, 5.41) is 36.1. The molecule has 0 saturated heterocycles. The number of thiophene rings is 1. The van der Waals surface area contributed by atoms with Gasteiger partial charge >= 0.3 is 0 Å². The Labute approximate surface area is 813 Å². The molecule has 0 atom stereocenters. The number of ether oxygens (including phenoxy) is 15. The quantitative estimate of drug-likeness (QED) is 0.0107. The number of nitro groups is 1. The standard InChI is InChI=1S/C26H23NO4S.C22H24N4O6.C19H21NO5.C19H23NO5.C18H20N2O6/c1-29-22-14-13-19(24(30-2)25(22)31-3)17-8-6-9-18(16-17)26(28)27-21-11-5-4-10-20(21)23-12-7-15-32-23;1-12-24-11-14(15-6-7-16(32-15)21(23)28)22(25-12)26-19(27)8-5-13-9-17(29-2)20(31-4)18(10-13)30-3;1-12(21)14-6-5-7-15(11-14)20-18(22)10-13-8-16(23-2)19(25-4)17(9-13)24-3;1-23-16-10-13(11-17(24-2)19(16)25-3)7-8-18(22)20-15-6-4-5-14(9-15)12-21;1-24-15-9-12(10-16(25-2)18(15)26-3)7-8-17(21)19-13-5-4-6-14(11-13)20(22)23/h4-16H,1-3H3,(H,27,28);6-7,9-11H,5,8H2,1-4H3,(H2,23,28)(H,24,25,26,27);5-9,11H,10H2,1-4H3,(H,20,22);4-6,9-11,21H,7-8,12H2,1-3H3,(H,20,22);4-6,9-11H,7-8H2,1-3H3,(H,19,21). The molecule has 0 saturated carbocycles. The molecule has 8 N–H and O–H groups in total. The summed E-state index contributed by atoms with van der Waals surface area (Å²) in [4.78, 5) is 105. The Bertz CT molecular complexity index is 6360. The number of anilines is 5. The van der Waals surface area contributed by atoms with Gasteiger partial charge in [0.15, 0.2) is 69.0 Å². The number of aromatic nitrogens is 2. The molecular weight excluding hydrogens is 1820 g/mol. The maximum Gasteiger partial charge on any atom is 0.284 e. The van der Waals surface area contributed by atoms with Crippen molar-refractivity contribution >= 4 is 86.8 Å². The number of nitrogens with zero attached hydrogens (tertiary/aromatic N) is 3. The highest BCUT2D eigenvalue weighted by atomic mass is 32.1. The third-order valence-corrected chi connectivity index (χ3v) is 21.8. The number of nitrogens with two attached hydrogens (primary N) is 1. The van der Waals surface area contributed by atoms with Crippen LogP contribution >= 0.6 is 11.3 Å². The van der Waals surface area contributed by atoms with Gasteiger partial charge in [0.1, 0.15) is 17.4 Å². The fraction of sp³-hybridized carbons (Fsp3) is 0.240. The lowest BCUT2D eigenvalue weighted by Gasteiger charge is -2.16. The van der Waals surface area contributed by atoms with E-state index >= 15 is 0 Å². The normalized spacial score (nSPS) is 10.3. The molecule has 0 bridgehead atoms. The van der Waals surface area contributed by atoms with E-state index in [2.05, 4.69) is 36.6 Å². The zero-order chi connectivity index (χ0) is 101. The minimum atomic E-state index is -0.694. The van der Waals surface area contributed by atoms with Crippen LogP contribution in [-0.4, -0.2) is 168 Å². The molecule has 35 nitrogen and oxygen atoms in total. The number of nitro benzene ring substituents is 1. The van der Waals surface area contributed by atoms with E-state index in [9.17, 15) is 43.7 Å². The zero-order valence-electron chi connectivity index (χ0n) is 80.4. The number of aliphatic hydroxyl groups excluding tert-OH is 1. The fourth-order valence-electron chi connectivity index (χ4n) is 14.1. The fourth-order valence-corrected chi connectivity index (χ4v) is 14.9. The number of aliphatic hydroxyl groups is 1. The number of amides is 6. The molecule has 140 heavy (non-hydrogen) atoms. The molecule has 734 valence electrons. The Balaban J connectivity index is 0.000000197. The van der Waals surface area contributed by atoms with Gasteiger partial charge in [0.25, 0.3) is 17.5 Å². The van der Waals surface area contributed by atoms with E-state index < -0.39 is 10.8 Å². The first-order valence-electron chi connectivity index (χ1n) is 43.1. The van der Waals surface area contributed by atoms with Crippen LogP contribution < -0.4 is 103 Å². The maximum absolute atomic E-state index is 13.1. The molecule has 0 aliphatic heterocycles. The number of ketones is 1. The van der Waals surface area contributed by atoms with Gasteiger partial charge in [-0.3, -0.25) is 43.7 Å². The van der Waals surface area contributed by atoms with Crippen molar-refractivity contribution in [2.75, 3.05) is 133 Å². The van der Waals surface area contributed by atoms with E-state index in [0.29, 0.717) is 157 Å². The number of methoxy groups -OCH3 is 15. The minimum absolute atomic E-state index is 0.000233. The first kappa shape index (κ1) is 107. The highest BCUT2D eigenvalue weighted by molar-refractivity contribution is 7.13. The molecule has 0 aliphatic carbocycles. The number of aryl methyl sites for hydroxylation is 4. The first-order valence-corrected chi connectivity index (χ1v) is 43.9. The van der Waals surface area contributed by atoms with E-state index in [4.69, 9.17) is 86.3 Å². The van der Waals surface area contributed by atoms with Crippen LogP contribution in [-0.2, 0) is 51.5 Å². The number of furan rings is 1. The van der Waals surface area contributed by atoms with E-state index in [1.165, 1.54) is 101 Å². The van der Waals surface area contributed by atoms with Crippen molar-refractivity contribution < 1.29 is 119 Å². The van der Waals surface area contributed by atoms with Crippen molar-refractivity contribution in [3.8, 4) is 119 Å². The second kappa shape index (κ2) is 53.4. The van der Waals surface area contributed by atoms with E-state index in [-0.39, 0.29) is 78.5 Å². The highest BCUT2D eigenvalue weighted by Gasteiger charge is 2.25. The summed E-state index contributed by atoms with van der Waals surface area (Å²) < 4.78 is 85.6. The third kappa shape index (κ3) is 29.6. The largest absolute Gasteiger partial charge is 0.493 e. The number of primary amides is 1. The SMILES string of the molecule is COc1cc(CC(=O)Nc2cccc(C(C)=O)c2)cc(OC)c1OC.COc1cc(CCC(=O)Nc2cccc(CO)c2)cc(OC)c1OC.COc1cc(CCC(=O)Nc2cccc([N+](=O)[O-])c2)cc(OC)c1OC.COc1cc(CCC(=O)Nc2nc(C)ncc2-c2ccc(C(N)=O)o2)cc(OC)c1OC.COc1ccc(-c2cccc(C(=O)Nc3ccccc3-c3cccs3)c2)c(OC)c1OC. The third-order valence-electron chi connectivity index (χ3n) is 20.9. The monoisotopic (exact) mass is 1930 g/mol. The van der Waals surface area contributed by atoms with E-state index in [1.807, 2.05) is 84.2 Å². The Hall–Kier alpha value is -16.9. The Kier molecular flexibility index (Phi) is 40.7. The summed E-state index contributed by atoms with van der Waals surface area (Å²) in [7, 11) is 23.1. The number of nitrogens with one attached hydrogen (secondary N) is 5. The predicted molar refractivity (Wildman–Crippen MR) is 532 cm³/mol. The molecule has 13 rings (SSSR count). The predicted octanol–water partition coefficient (Wildman–Crippen LogP) is 18.2. The van der Waals surface area contributed by atoms with E-state index in [1.54, 1.807) is 164 Å². The Morgan fingerprint density at radius 3 is 1.31 bits per heavy atom. The number of Topliss-reactive ketones (excluding diaryl/α,β-unsaturated/α-hetero) is 1. The molecule has 0 unspecified atom stereocenters. The highest BCUT2D eigenvalue weighted by Crippen LogP contribution is 2.47. The molecule has 36 heteroatoms. The molecular formula is C104H111N9O26S. The van der Waals surface area contributed by atoms with Gasteiger partial charge in [0.2, 0.25) is 52.4 Å². The number of rotatable bonds is 39. The van der Waals surface area contributed by atoms with Gasteiger partial charge < -0.3 is 113 Å². The Morgan fingerprint density at radius 2 is 0.857 bits per heavy atom. The van der Waals surface area contributed by atoms with Gasteiger partial charge in [-0.05, 0) is 199 Å². The first-order chi connectivity index (χ1) is 67.6. The molecule has 0 fully saturated rings. The van der Waals surface area contributed by atoms with Gasteiger partial charge in [-0.1, -0.05) is 66.7 Å². The van der Waals surface area contributed by atoms with Gasteiger partial charge in [-0.15, -0.1) is 11.3 Å². The number of carbonyl (C=O) groups excluding carboxylic acids is 7. The van der Waals surface area contributed by atoms with Crippen molar-refractivity contribution in [2.45, 2.75) is 65.4 Å².